The number of amides is 1. The molecule has 34 heavy (non-hydrogen) atoms. The summed E-state index contributed by atoms with van der Waals surface area (Å²) in [5.74, 6) is 1.26. The van der Waals surface area contributed by atoms with Gasteiger partial charge < -0.3 is 19.9 Å². The lowest BCUT2D eigenvalue weighted by atomic mass is 9.95. The molecule has 0 aromatic heterocycles. The van der Waals surface area contributed by atoms with E-state index in [4.69, 9.17) is 4.74 Å². The van der Waals surface area contributed by atoms with Crippen LogP contribution < -0.4 is 10.1 Å². The summed E-state index contributed by atoms with van der Waals surface area (Å²) in [5.41, 5.74) is 1.27. The Morgan fingerprint density at radius 2 is 1.76 bits per heavy atom. The third-order valence-electron chi connectivity index (χ3n) is 7.06. The number of sulfonamides is 1. The summed E-state index contributed by atoms with van der Waals surface area (Å²) in [4.78, 5) is 17.4. The summed E-state index contributed by atoms with van der Waals surface area (Å²) >= 11 is 0. The second-order valence-electron chi connectivity index (χ2n) is 9.38. The molecule has 2 fully saturated rings. The molecule has 1 aromatic carbocycles. The van der Waals surface area contributed by atoms with Gasteiger partial charge in [0.15, 0.2) is 0 Å². The summed E-state index contributed by atoms with van der Waals surface area (Å²) in [5, 5.41) is 3.11. The van der Waals surface area contributed by atoms with Gasteiger partial charge in [0.05, 0.1) is 7.11 Å². The highest BCUT2D eigenvalue weighted by atomic mass is 32.2. The molecule has 0 bridgehead atoms. The number of hydrogen-bond acceptors (Lipinski definition) is 6. The Hall–Kier alpha value is -2.39. The number of nitrogens with zero attached hydrogens (tertiary/aromatic N) is 3. The Morgan fingerprint density at radius 1 is 1.09 bits per heavy atom. The molecule has 1 aromatic rings. The molecule has 2 saturated heterocycles. The number of methoxy groups -OCH3 is 1. The SMILES string of the molecule is COc1ccc(C2=C(C)C(N3CCC(C(=O)NCCCN4CCCCC4)CC3)=NS2(=O)=O)cc1. The van der Waals surface area contributed by atoms with E-state index < -0.39 is 10.0 Å². The van der Waals surface area contributed by atoms with E-state index in [0.29, 0.717) is 55.2 Å². The molecule has 1 amide bonds. The zero-order valence-electron chi connectivity index (χ0n) is 20.3. The van der Waals surface area contributed by atoms with Crippen LogP contribution >= 0.6 is 0 Å². The molecular formula is C25H36N4O4S. The maximum Gasteiger partial charge on any atom is 0.285 e. The average molecular weight is 489 g/mol. The second kappa shape index (κ2) is 10.9. The fraction of sp³-hybridized carbons (Fsp3) is 0.600. The molecule has 8 nitrogen and oxygen atoms in total. The monoisotopic (exact) mass is 488 g/mol. The van der Waals surface area contributed by atoms with Gasteiger partial charge in [-0.2, -0.15) is 8.42 Å². The molecule has 0 spiro atoms. The summed E-state index contributed by atoms with van der Waals surface area (Å²) in [7, 11) is -2.18. The van der Waals surface area contributed by atoms with Crippen LogP contribution in [0.15, 0.2) is 34.2 Å². The summed E-state index contributed by atoms with van der Waals surface area (Å²) in [6.07, 6.45) is 6.28. The Kier molecular flexibility index (Phi) is 7.93. The zero-order valence-corrected chi connectivity index (χ0v) is 21.1. The lowest BCUT2D eigenvalue weighted by Crippen LogP contribution is -2.43. The number of piperidine rings is 2. The number of nitrogens with one attached hydrogen (secondary N) is 1. The van der Waals surface area contributed by atoms with Crippen molar-refractivity contribution in [1.82, 2.24) is 15.1 Å². The molecular weight excluding hydrogens is 452 g/mol. The first-order chi connectivity index (χ1) is 16.4. The topological polar surface area (TPSA) is 91.3 Å². The molecule has 0 atom stereocenters. The van der Waals surface area contributed by atoms with Gasteiger partial charge in [-0.05, 0) is 88.5 Å². The van der Waals surface area contributed by atoms with Crippen molar-refractivity contribution in [3.63, 3.8) is 0 Å². The van der Waals surface area contributed by atoms with E-state index in [0.717, 1.165) is 13.0 Å². The molecule has 3 heterocycles. The minimum atomic E-state index is -3.76. The summed E-state index contributed by atoms with van der Waals surface area (Å²) < 4.78 is 35.0. The molecule has 3 aliphatic heterocycles. The van der Waals surface area contributed by atoms with Gasteiger partial charge in [-0.3, -0.25) is 4.79 Å². The molecule has 4 rings (SSSR count). The summed E-state index contributed by atoms with van der Waals surface area (Å²) in [6, 6.07) is 6.99. The molecule has 3 aliphatic rings. The van der Waals surface area contributed by atoms with Crippen LogP contribution in [0.5, 0.6) is 5.75 Å². The third-order valence-corrected chi connectivity index (χ3v) is 8.53. The maximum atomic E-state index is 12.8. The third kappa shape index (κ3) is 5.63. The predicted molar refractivity (Wildman–Crippen MR) is 134 cm³/mol. The lowest BCUT2D eigenvalue weighted by Gasteiger charge is -2.33. The minimum absolute atomic E-state index is 0.0322. The number of likely N-dealkylation sites (tertiary alicyclic amines) is 2. The second-order valence-corrected chi connectivity index (χ2v) is 10.9. The number of carbonyl (C=O) groups excluding carboxylic acids is 1. The normalized spacial score (nSPS) is 21.5. The highest BCUT2D eigenvalue weighted by Gasteiger charge is 2.35. The smallest absolute Gasteiger partial charge is 0.285 e. The minimum Gasteiger partial charge on any atom is -0.497 e. The van der Waals surface area contributed by atoms with Gasteiger partial charge >= 0.3 is 0 Å². The van der Waals surface area contributed by atoms with Crippen LogP contribution in [0.3, 0.4) is 0 Å². The van der Waals surface area contributed by atoms with E-state index in [9.17, 15) is 13.2 Å². The van der Waals surface area contributed by atoms with Crippen LogP contribution in [0.4, 0.5) is 0 Å². The first kappa shape index (κ1) is 24.7. The van der Waals surface area contributed by atoms with Gasteiger partial charge in [0, 0.05) is 31.1 Å². The number of benzene rings is 1. The molecule has 186 valence electrons. The fourth-order valence-electron chi connectivity index (χ4n) is 5.12. The quantitative estimate of drug-likeness (QED) is 0.594. The predicted octanol–water partition coefficient (Wildman–Crippen LogP) is 2.87. The number of rotatable bonds is 7. The molecule has 0 aliphatic carbocycles. The van der Waals surface area contributed by atoms with Gasteiger partial charge in [-0.15, -0.1) is 4.40 Å². The standard InChI is InChI=1S/C25H36N4O4S/c1-19-23(20-7-9-22(33-2)10-8-20)34(31,32)27-24(19)29-17-11-21(12-18-29)25(30)26-13-6-16-28-14-4-3-5-15-28/h7-10,21H,3-6,11-18H2,1-2H3,(H,26,30). The van der Waals surface area contributed by atoms with Crippen molar-refractivity contribution in [1.29, 1.82) is 0 Å². The number of hydrogen-bond donors (Lipinski definition) is 1. The fourth-order valence-corrected chi connectivity index (χ4v) is 6.60. The highest BCUT2D eigenvalue weighted by Crippen LogP contribution is 2.35. The lowest BCUT2D eigenvalue weighted by molar-refractivity contribution is -0.126. The van der Waals surface area contributed by atoms with E-state index >= 15 is 0 Å². The van der Waals surface area contributed by atoms with Crippen molar-refractivity contribution < 1.29 is 17.9 Å². The van der Waals surface area contributed by atoms with Gasteiger partial charge in [0.1, 0.15) is 16.5 Å². The Labute approximate surface area is 203 Å². The van der Waals surface area contributed by atoms with Crippen LogP contribution in [0, 0.1) is 5.92 Å². The number of ether oxygens (including phenoxy) is 1. The van der Waals surface area contributed by atoms with Crippen LogP contribution in [0.1, 0.15) is 51.0 Å². The van der Waals surface area contributed by atoms with Crippen molar-refractivity contribution >= 4 is 26.7 Å². The van der Waals surface area contributed by atoms with E-state index in [1.54, 1.807) is 31.4 Å². The largest absolute Gasteiger partial charge is 0.497 e. The van der Waals surface area contributed by atoms with E-state index in [1.165, 1.54) is 32.4 Å². The Morgan fingerprint density at radius 3 is 2.41 bits per heavy atom. The summed E-state index contributed by atoms with van der Waals surface area (Å²) in [6.45, 7) is 7.17. The molecule has 0 unspecified atom stereocenters. The molecule has 0 radical (unpaired) electrons. The van der Waals surface area contributed by atoms with E-state index in [2.05, 4.69) is 14.6 Å². The van der Waals surface area contributed by atoms with Gasteiger partial charge in [-0.25, -0.2) is 0 Å². The number of amidine groups is 1. The van der Waals surface area contributed by atoms with Crippen molar-refractivity contribution in [3.05, 3.63) is 35.4 Å². The van der Waals surface area contributed by atoms with Crippen LogP contribution in [0.2, 0.25) is 0 Å². The van der Waals surface area contributed by atoms with Gasteiger partial charge in [0.2, 0.25) is 5.91 Å². The first-order valence-corrected chi connectivity index (χ1v) is 13.8. The average Bonchev–Trinajstić information content (AvgIpc) is 3.10. The van der Waals surface area contributed by atoms with Crippen molar-refractivity contribution in [2.45, 2.75) is 45.4 Å². The van der Waals surface area contributed by atoms with Crippen molar-refractivity contribution in [2.24, 2.45) is 10.3 Å². The van der Waals surface area contributed by atoms with Crippen LogP contribution in [0.25, 0.3) is 4.91 Å². The molecule has 1 N–H and O–H groups in total. The maximum absolute atomic E-state index is 12.8. The Balaban J connectivity index is 1.30. The highest BCUT2D eigenvalue weighted by molar-refractivity contribution is 8.00. The number of carbonyl (C=O) groups is 1. The van der Waals surface area contributed by atoms with Crippen LogP contribution in [-0.4, -0.2) is 76.3 Å². The van der Waals surface area contributed by atoms with E-state index in [-0.39, 0.29) is 16.7 Å². The van der Waals surface area contributed by atoms with Crippen molar-refractivity contribution in [3.8, 4) is 5.75 Å². The zero-order chi connectivity index (χ0) is 24.1. The van der Waals surface area contributed by atoms with Gasteiger partial charge in [0.25, 0.3) is 10.0 Å². The van der Waals surface area contributed by atoms with Crippen LogP contribution in [-0.2, 0) is 14.8 Å². The van der Waals surface area contributed by atoms with E-state index in [1.807, 2.05) is 11.8 Å². The molecule has 0 saturated carbocycles. The first-order valence-electron chi connectivity index (χ1n) is 12.3. The molecule has 9 heteroatoms. The Bertz CT molecular complexity index is 1040. The van der Waals surface area contributed by atoms with Gasteiger partial charge in [-0.1, -0.05) is 6.42 Å². The van der Waals surface area contributed by atoms with Crippen molar-refractivity contribution in [2.75, 3.05) is 46.4 Å².